The van der Waals surface area contributed by atoms with Crippen molar-refractivity contribution in [2.24, 2.45) is 0 Å². The van der Waals surface area contributed by atoms with Crippen molar-refractivity contribution in [1.82, 2.24) is 30.0 Å². The molecule has 3 rings (SSSR count). The Bertz CT molecular complexity index is 605. The average Bonchev–Trinajstić information content (AvgIpc) is 3.01. The lowest BCUT2D eigenvalue weighted by Crippen LogP contribution is -2.44. The normalized spacial score (nSPS) is 19.1. The first-order valence-electron chi connectivity index (χ1n) is 5.97. The molecule has 1 saturated heterocycles. The zero-order chi connectivity index (χ0) is 13.9. The van der Waals surface area contributed by atoms with Crippen molar-refractivity contribution >= 4 is 17.5 Å². The van der Waals surface area contributed by atoms with Gasteiger partial charge in [0.15, 0.2) is 0 Å². The lowest BCUT2D eigenvalue weighted by atomic mass is 10.2. The number of ether oxygens (including phenoxy) is 1. The number of H-pyrrole nitrogens is 1. The van der Waals surface area contributed by atoms with Crippen molar-refractivity contribution in [1.29, 1.82) is 0 Å². The second-order valence-corrected chi connectivity index (χ2v) is 4.59. The van der Waals surface area contributed by atoms with E-state index in [9.17, 15) is 4.79 Å². The molecule has 9 heteroatoms. The third-order valence-corrected chi connectivity index (χ3v) is 3.29. The number of nitrogens with zero attached hydrogens (tertiary/aromatic N) is 5. The van der Waals surface area contributed by atoms with Crippen LogP contribution in [0.5, 0.6) is 0 Å². The summed E-state index contributed by atoms with van der Waals surface area (Å²) in [5, 5.41) is 6.78. The van der Waals surface area contributed by atoms with Crippen molar-refractivity contribution in [3.8, 4) is 0 Å². The predicted molar refractivity (Wildman–Crippen MR) is 68.0 cm³/mol. The third-order valence-electron chi connectivity index (χ3n) is 3.01. The van der Waals surface area contributed by atoms with Crippen LogP contribution in [0.1, 0.15) is 22.4 Å². The molecule has 0 aromatic carbocycles. The molecule has 8 nitrogen and oxygen atoms in total. The Morgan fingerprint density at radius 1 is 1.45 bits per heavy atom. The molecule has 0 radical (unpaired) electrons. The lowest BCUT2D eigenvalue weighted by molar-refractivity contribution is -0.00542. The van der Waals surface area contributed by atoms with Crippen LogP contribution in [-0.4, -0.2) is 55.7 Å². The van der Waals surface area contributed by atoms with Crippen LogP contribution >= 0.6 is 11.6 Å². The number of hydrogen-bond donors (Lipinski definition) is 1. The Labute approximate surface area is 119 Å². The summed E-state index contributed by atoms with van der Waals surface area (Å²) in [6.45, 7) is 1.24. The second-order valence-electron chi connectivity index (χ2n) is 4.18. The van der Waals surface area contributed by atoms with Crippen molar-refractivity contribution in [3.05, 3.63) is 35.4 Å². The molecular formula is C11H11ClN6O2. The Morgan fingerprint density at radius 2 is 2.35 bits per heavy atom. The van der Waals surface area contributed by atoms with Gasteiger partial charge in [-0.2, -0.15) is 5.10 Å². The van der Waals surface area contributed by atoms with Gasteiger partial charge in [-0.25, -0.2) is 15.0 Å². The molecular weight excluding hydrogens is 284 g/mol. The quantitative estimate of drug-likeness (QED) is 0.864. The zero-order valence-corrected chi connectivity index (χ0v) is 11.1. The highest BCUT2D eigenvalue weighted by Crippen LogP contribution is 2.24. The molecule has 1 fully saturated rings. The summed E-state index contributed by atoms with van der Waals surface area (Å²) in [7, 11) is 0. The fraction of sp³-hybridized carbons (Fsp3) is 0.364. The van der Waals surface area contributed by atoms with Gasteiger partial charge in [-0.3, -0.25) is 9.89 Å². The number of carbonyl (C=O) groups excluding carboxylic acids is 1. The zero-order valence-electron chi connectivity index (χ0n) is 10.4. The molecule has 104 valence electrons. The van der Waals surface area contributed by atoms with Gasteiger partial charge >= 0.3 is 0 Å². The Morgan fingerprint density at radius 3 is 3.10 bits per heavy atom. The second kappa shape index (κ2) is 5.51. The van der Waals surface area contributed by atoms with Gasteiger partial charge in [0.25, 0.3) is 5.91 Å². The van der Waals surface area contributed by atoms with Crippen LogP contribution in [0.25, 0.3) is 0 Å². The SMILES string of the molecule is O=C(c1ncncc1Cl)N1CCOCC1c1ncn[nH]1. The third kappa shape index (κ3) is 2.35. The fourth-order valence-electron chi connectivity index (χ4n) is 2.05. The lowest BCUT2D eigenvalue weighted by Gasteiger charge is -2.34. The molecule has 0 bridgehead atoms. The standard InChI is InChI=1S/C11H11ClN6O2/c12-7-3-13-5-14-9(7)11(19)18-1-2-20-4-8(18)10-15-6-16-17-10/h3,5-6,8H,1-2,4H2,(H,15,16,17). The molecule has 1 atom stereocenters. The molecule has 0 saturated carbocycles. The Balaban J connectivity index is 1.90. The number of hydrogen-bond acceptors (Lipinski definition) is 6. The fourth-order valence-corrected chi connectivity index (χ4v) is 2.24. The Hall–Kier alpha value is -2.06. The first kappa shape index (κ1) is 12.9. The van der Waals surface area contributed by atoms with Crippen molar-refractivity contribution in [3.63, 3.8) is 0 Å². The molecule has 1 N–H and O–H groups in total. The molecule has 1 aliphatic heterocycles. The van der Waals surface area contributed by atoms with Crippen molar-refractivity contribution in [2.75, 3.05) is 19.8 Å². The van der Waals surface area contributed by atoms with Gasteiger partial charge in [-0.15, -0.1) is 0 Å². The summed E-state index contributed by atoms with van der Waals surface area (Å²) >= 11 is 5.97. The number of carbonyl (C=O) groups is 1. The van der Waals surface area contributed by atoms with E-state index in [4.69, 9.17) is 16.3 Å². The van der Waals surface area contributed by atoms with Gasteiger partial charge in [0.1, 0.15) is 30.2 Å². The summed E-state index contributed by atoms with van der Waals surface area (Å²) in [5.74, 6) is 0.297. The summed E-state index contributed by atoms with van der Waals surface area (Å²) in [6, 6.07) is -0.329. The number of rotatable bonds is 2. The molecule has 3 heterocycles. The molecule has 2 aromatic rings. The number of aromatic amines is 1. The molecule has 0 aliphatic carbocycles. The largest absolute Gasteiger partial charge is 0.377 e. The smallest absolute Gasteiger partial charge is 0.274 e. The first-order valence-corrected chi connectivity index (χ1v) is 6.34. The number of aromatic nitrogens is 5. The van der Waals surface area contributed by atoms with Gasteiger partial charge in [-0.1, -0.05) is 11.6 Å². The molecule has 1 unspecified atom stereocenters. The van der Waals surface area contributed by atoms with Gasteiger partial charge in [0.05, 0.1) is 18.2 Å². The van der Waals surface area contributed by atoms with Crippen LogP contribution in [0, 0.1) is 0 Å². The maximum Gasteiger partial charge on any atom is 0.274 e. The van der Waals surface area contributed by atoms with Gasteiger partial charge < -0.3 is 9.64 Å². The summed E-state index contributed by atoms with van der Waals surface area (Å²) in [5.41, 5.74) is 0.174. The van der Waals surface area contributed by atoms with E-state index in [0.717, 1.165) is 0 Å². The van der Waals surface area contributed by atoms with Gasteiger partial charge in [-0.05, 0) is 0 Å². The van der Waals surface area contributed by atoms with Gasteiger partial charge in [0, 0.05) is 12.7 Å². The first-order chi connectivity index (χ1) is 9.77. The van der Waals surface area contributed by atoms with Crippen LogP contribution in [0.15, 0.2) is 18.9 Å². The van der Waals surface area contributed by atoms with E-state index in [0.29, 0.717) is 25.6 Å². The highest BCUT2D eigenvalue weighted by atomic mass is 35.5. The molecule has 2 aromatic heterocycles. The summed E-state index contributed by atoms with van der Waals surface area (Å²) in [4.78, 5) is 26.0. The molecule has 20 heavy (non-hydrogen) atoms. The number of morpholine rings is 1. The van der Waals surface area contributed by atoms with Crippen LogP contribution in [0.4, 0.5) is 0 Å². The number of halogens is 1. The highest BCUT2D eigenvalue weighted by Gasteiger charge is 2.32. The van der Waals surface area contributed by atoms with Crippen LogP contribution in [-0.2, 0) is 4.74 Å². The number of amides is 1. The average molecular weight is 295 g/mol. The van der Waals surface area contributed by atoms with Gasteiger partial charge in [0.2, 0.25) is 0 Å². The molecule has 0 spiro atoms. The number of nitrogens with one attached hydrogen (secondary N) is 1. The van der Waals surface area contributed by atoms with Crippen LogP contribution in [0.3, 0.4) is 0 Å². The summed E-state index contributed by atoms with van der Waals surface area (Å²) in [6.07, 6.45) is 4.08. The maximum absolute atomic E-state index is 12.6. The monoisotopic (exact) mass is 294 g/mol. The van der Waals surface area contributed by atoms with Crippen molar-refractivity contribution < 1.29 is 9.53 Å². The van der Waals surface area contributed by atoms with E-state index in [1.54, 1.807) is 4.90 Å². The van der Waals surface area contributed by atoms with E-state index >= 15 is 0 Å². The minimum absolute atomic E-state index is 0.174. The predicted octanol–water partition coefficient (Wildman–Crippen LogP) is 0.462. The van der Waals surface area contributed by atoms with E-state index in [2.05, 4.69) is 25.1 Å². The minimum Gasteiger partial charge on any atom is -0.377 e. The van der Waals surface area contributed by atoms with Crippen LogP contribution in [0.2, 0.25) is 5.02 Å². The highest BCUT2D eigenvalue weighted by molar-refractivity contribution is 6.33. The molecule has 1 amide bonds. The van der Waals surface area contributed by atoms with E-state index in [-0.39, 0.29) is 22.7 Å². The van der Waals surface area contributed by atoms with E-state index in [1.165, 1.54) is 18.9 Å². The minimum atomic E-state index is -0.329. The van der Waals surface area contributed by atoms with E-state index < -0.39 is 0 Å². The van der Waals surface area contributed by atoms with Crippen LogP contribution < -0.4 is 0 Å². The van der Waals surface area contributed by atoms with Crippen molar-refractivity contribution in [2.45, 2.75) is 6.04 Å². The Kier molecular flexibility index (Phi) is 3.57. The molecule has 1 aliphatic rings. The topological polar surface area (TPSA) is 96.9 Å². The summed E-state index contributed by atoms with van der Waals surface area (Å²) < 4.78 is 5.41. The van der Waals surface area contributed by atoms with E-state index in [1.807, 2.05) is 0 Å². The maximum atomic E-state index is 12.6.